The van der Waals surface area contributed by atoms with Crippen LogP contribution in [0, 0.1) is 0 Å². The van der Waals surface area contributed by atoms with E-state index in [0.29, 0.717) is 35.5 Å². The lowest BCUT2D eigenvalue weighted by atomic mass is 9.97. The largest absolute Gasteiger partial charge is 0.508 e. The molecule has 4 aromatic rings. The molecule has 1 aliphatic rings. The highest BCUT2D eigenvalue weighted by molar-refractivity contribution is 7.22. The molecule has 3 aromatic carbocycles. The Kier molecular flexibility index (Phi) is 6.72. The van der Waals surface area contributed by atoms with Crippen LogP contribution in [0.25, 0.3) is 20.5 Å². The van der Waals surface area contributed by atoms with Crippen molar-refractivity contribution in [3.63, 3.8) is 0 Å². The molecule has 1 aromatic heterocycles. The van der Waals surface area contributed by atoms with E-state index in [4.69, 9.17) is 4.74 Å². The van der Waals surface area contributed by atoms with Crippen LogP contribution in [-0.2, 0) is 4.79 Å². The number of hydrogen-bond donors (Lipinski definition) is 2. The SMILES string of the molecule is C=C(C)C(=O)N1CCC(Oc2ccc(C(=O)c3c(-c4ccc(O)cc4)sc4cc(O)ccc34)cc2)CC1. The molecule has 5 rings (SSSR count). The Morgan fingerprint density at radius 3 is 2.24 bits per heavy atom. The number of carbonyl (C=O) groups excluding carboxylic acids is 2. The molecule has 0 saturated carbocycles. The van der Waals surface area contributed by atoms with Crippen molar-refractivity contribution in [1.29, 1.82) is 0 Å². The Hall–Kier alpha value is -4.10. The van der Waals surface area contributed by atoms with Gasteiger partial charge in [-0.2, -0.15) is 0 Å². The number of piperidine rings is 1. The van der Waals surface area contributed by atoms with Crippen molar-refractivity contribution in [2.45, 2.75) is 25.9 Å². The van der Waals surface area contributed by atoms with Crippen molar-refractivity contribution < 1.29 is 24.5 Å². The average Bonchev–Trinajstić information content (AvgIpc) is 3.27. The first-order valence-electron chi connectivity index (χ1n) is 12.1. The van der Waals surface area contributed by atoms with E-state index < -0.39 is 0 Å². The number of fused-ring (bicyclic) bond motifs is 1. The number of benzene rings is 3. The summed E-state index contributed by atoms with van der Waals surface area (Å²) in [4.78, 5) is 28.4. The summed E-state index contributed by atoms with van der Waals surface area (Å²) in [5.74, 6) is 0.836. The minimum Gasteiger partial charge on any atom is -0.508 e. The molecule has 0 spiro atoms. The predicted octanol–water partition coefficient (Wildman–Crippen LogP) is 6.16. The van der Waals surface area contributed by atoms with E-state index in [1.54, 1.807) is 78.6 Å². The first-order chi connectivity index (χ1) is 17.8. The van der Waals surface area contributed by atoms with Gasteiger partial charge in [-0.3, -0.25) is 9.59 Å². The van der Waals surface area contributed by atoms with Gasteiger partial charge < -0.3 is 19.8 Å². The fourth-order valence-electron chi connectivity index (χ4n) is 4.60. The summed E-state index contributed by atoms with van der Waals surface area (Å²) < 4.78 is 6.94. The topological polar surface area (TPSA) is 87.1 Å². The molecule has 1 aliphatic heterocycles. The van der Waals surface area contributed by atoms with E-state index in [1.807, 2.05) is 0 Å². The van der Waals surface area contributed by atoms with Crippen LogP contribution in [0.1, 0.15) is 35.7 Å². The Bertz CT molecular complexity index is 1480. The fourth-order valence-corrected chi connectivity index (χ4v) is 5.83. The van der Waals surface area contributed by atoms with Crippen LogP contribution >= 0.6 is 11.3 Å². The third-order valence-electron chi connectivity index (χ3n) is 6.54. The molecule has 1 saturated heterocycles. The number of hydrogen-bond acceptors (Lipinski definition) is 6. The fraction of sp³-hybridized carbons (Fsp3) is 0.200. The lowest BCUT2D eigenvalue weighted by Crippen LogP contribution is -2.42. The minimum absolute atomic E-state index is 0.00492. The molecular formula is C30H27NO5S. The van der Waals surface area contributed by atoms with Gasteiger partial charge in [-0.05, 0) is 79.2 Å². The van der Waals surface area contributed by atoms with Gasteiger partial charge in [0.1, 0.15) is 23.4 Å². The number of ether oxygens (including phenoxy) is 1. The van der Waals surface area contributed by atoms with Gasteiger partial charge in [0.25, 0.3) is 0 Å². The first kappa shape index (κ1) is 24.6. The van der Waals surface area contributed by atoms with Crippen molar-refractivity contribution >= 4 is 33.1 Å². The Morgan fingerprint density at radius 2 is 1.59 bits per heavy atom. The average molecular weight is 514 g/mol. The van der Waals surface area contributed by atoms with Crippen molar-refractivity contribution in [2.75, 3.05) is 13.1 Å². The van der Waals surface area contributed by atoms with Crippen LogP contribution in [0.4, 0.5) is 0 Å². The van der Waals surface area contributed by atoms with Crippen LogP contribution < -0.4 is 4.74 Å². The third-order valence-corrected chi connectivity index (χ3v) is 7.75. The number of ketones is 1. The second-order valence-corrected chi connectivity index (χ2v) is 10.3. The molecule has 188 valence electrons. The summed E-state index contributed by atoms with van der Waals surface area (Å²) in [6, 6.07) is 18.9. The van der Waals surface area contributed by atoms with Crippen LogP contribution in [0.3, 0.4) is 0 Å². The van der Waals surface area contributed by atoms with E-state index in [1.165, 1.54) is 11.3 Å². The van der Waals surface area contributed by atoms with Crippen LogP contribution in [0.15, 0.2) is 78.9 Å². The van der Waals surface area contributed by atoms with Gasteiger partial charge in [-0.1, -0.05) is 6.58 Å². The zero-order valence-corrected chi connectivity index (χ0v) is 21.3. The minimum atomic E-state index is -0.127. The zero-order valence-electron chi connectivity index (χ0n) is 20.4. The first-order valence-corrected chi connectivity index (χ1v) is 12.9. The summed E-state index contributed by atoms with van der Waals surface area (Å²) >= 11 is 1.43. The Balaban J connectivity index is 1.37. The molecular weight excluding hydrogens is 486 g/mol. The molecule has 7 heteroatoms. The van der Waals surface area contributed by atoms with Crippen LogP contribution in [-0.4, -0.2) is 46.0 Å². The molecule has 0 aliphatic carbocycles. The number of likely N-dealkylation sites (tertiary alicyclic amines) is 1. The number of nitrogens with zero attached hydrogens (tertiary/aromatic N) is 1. The quantitative estimate of drug-likeness (QED) is 0.238. The van der Waals surface area contributed by atoms with E-state index in [9.17, 15) is 19.8 Å². The highest BCUT2D eigenvalue weighted by Gasteiger charge is 2.25. The summed E-state index contributed by atoms with van der Waals surface area (Å²) in [6.45, 7) is 6.73. The number of thiophene rings is 1. The normalized spacial score (nSPS) is 14.0. The second kappa shape index (κ2) is 10.1. The van der Waals surface area contributed by atoms with Gasteiger partial charge in [0.05, 0.1) is 0 Å². The zero-order chi connectivity index (χ0) is 26.1. The van der Waals surface area contributed by atoms with Gasteiger partial charge in [-0.25, -0.2) is 0 Å². The lowest BCUT2D eigenvalue weighted by molar-refractivity contribution is -0.128. The van der Waals surface area contributed by atoms with Crippen LogP contribution in [0.5, 0.6) is 17.2 Å². The van der Waals surface area contributed by atoms with Gasteiger partial charge in [0.15, 0.2) is 5.78 Å². The maximum Gasteiger partial charge on any atom is 0.248 e. The van der Waals surface area contributed by atoms with E-state index >= 15 is 0 Å². The molecule has 2 heterocycles. The second-order valence-electron chi connectivity index (χ2n) is 9.28. The Labute approximate surface area is 219 Å². The third kappa shape index (κ3) is 5.08. The van der Waals surface area contributed by atoms with Crippen molar-refractivity contribution in [1.82, 2.24) is 4.90 Å². The maximum absolute atomic E-state index is 13.7. The number of aromatic hydroxyl groups is 2. The number of carbonyl (C=O) groups is 2. The monoisotopic (exact) mass is 513 g/mol. The molecule has 2 N–H and O–H groups in total. The highest BCUT2D eigenvalue weighted by Crippen LogP contribution is 2.41. The molecule has 0 bridgehead atoms. The summed E-state index contributed by atoms with van der Waals surface area (Å²) in [7, 11) is 0. The van der Waals surface area contributed by atoms with Crippen molar-refractivity contribution in [3.8, 4) is 27.7 Å². The highest BCUT2D eigenvalue weighted by atomic mass is 32.1. The van der Waals surface area contributed by atoms with E-state index in [-0.39, 0.29) is 29.3 Å². The molecule has 6 nitrogen and oxygen atoms in total. The van der Waals surface area contributed by atoms with E-state index in [0.717, 1.165) is 33.4 Å². The van der Waals surface area contributed by atoms with Gasteiger partial charge in [-0.15, -0.1) is 11.3 Å². The van der Waals surface area contributed by atoms with Crippen LogP contribution in [0.2, 0.25) is 0 Å². The summed E-state index contributed by atoms with van der Waals surface area (Å²) in [6.07, 6.45) is 1.48. The standard InChI is InChI=1S/C30H27NO5S/c1-18(2)30(35)31-15-13-24(14-16-31)36-23-10-5-19(6-11-23)28(34)27-25-12-9-22(33)17-26(25)37-29(27)20-3-7-21(32)8-4-20/h3-12,17,24,32-33H,1,13-16H2,2H3. The van der Waals surface area contributed by atoms with Crippen molar-refractivity contribution in [3.05, 3.63) is 90.0 Å². The number of amides is 1. The summed E-state index contributed by atoms with van der Waals surface area (Å²) in [5, 5.41) is 20.5. The lowest BCUT2D eigenvalue weighted by Gasteiger charge is -2.32. The Morgan fingerprint density at radius 1 is 0.946 bits per heavy atom. The van der Waals surface area contributed by atoms with Gasteiger partial charge in [0, 0.05) is 57.6 Å². The van der Waals surface area contributed by atoms with E-state index in [2.05, 4.69) is 6.58 Å². The molecule has 1 fully saturated rings. The molecule has 37 heavy (non-hydrogen) atoms. The molecule has 0 radical (unpaired) electrons. The number of rotatable bonds is 6. The maximum atomic E-state index is 13.7. The summed E-state index contributed by atoms with van der Waals surface area (Å²) in [5.41, 5.74) is 2.46. The molecule has 1 amide bonds. The van der Waals surface area contributed by atoms with Gasteiger partial charge >= 0.3 is 0 Å². The molecule has 0 unspecified atom stereocenters. The number of phenols is 2. The van der Waals surface area contributed by atoms with Gasteiger partial charge in [0.2, 0.25) is 5.91 Å². The number of phenolic OH excluding ortho intramolecular Hbond substituents is 2. The smallest absolute Gasteiger partial charge is 0.248 e. The predicted molar refractivity (Wildman–Crippen MR) is 146 cm³/mol. The molecule has 0 atom stereocenters. The van der Waals surface area contributed by atoms with Crippen molar-refractivity contribution in [2.24, 2.45) is 0 Å².